The van der Waals surface area contributed by atoms with E-state index in [-0.39, 0.29) is 0 Å². The van der Waals surface area contributed by atoms with Crippen LogP contribution in [0.2, 0.25) is 0 Å². The molecule has 5 nitrogen and oxygen atoms in total. The van der Waals surface area contributed by atoms with Crippen molar-refractivity contribution in [1.29, 1.82) is 0 Å². The van der Waals surface area contributed by atoms with Crippen LogP contribution in [-0.2, 0) is 0 Å². The van der Waals surface area contributed by atoms with Crippen molar-refractivity contribution >= 4 is 23.1 Å². The number of H-pyrrole nitrogens is 1. The summed E-state index contributed by atoms with van der Waals surface area (Å²) in [7, 11) is 0. The summed E-state index contributed by atoms with van der Waals surface area (Å²) in [5.41, 5.74) is 6.82. The molecule has 0 fully saturated rings. The third-order valence-corrected chi connectivity index (χ3v) is 2.97. The minimum absolute atomic E-state index is 0.513. The molecule has 5 heteroatoms. The molecule has 20 heavy (non-hydrogen) atoms. The smallest absolute Gasteiger partial charge is 0.243 e. The van der Waals surface area contributed by atoms with Crippen molar-refractivity contribution in [2.24, 2.45) is 5.10 Å². The van der Waals surface area contributed by atoms with Crippen LogP contribution in [0.1, 0.15) is 17.0 Å². The highest BCUT2D eigenvalue weighted by molar-refractivity contribution is 5.99. The first-order valence-electron chi connectivity index (χ1n) is 6.40. The van der Waals surface area contributed by atoms with Crippen molar-refractivity contribution in [3.63, 3.8) is 0 Å². The second-order valence-corrected chi connectivity index (χ2v) is 4.63. The van der Waals surface area contributed by atoms with E-state index >= 15 is 0 Å². The van der Waals surface area contributed by atoms with Crippen LogP contribution in [0.3, 0.4) is 0 Å². The molecule has 3 aromatic rings. The van der Waals surface area contributed by atoms with Crippen LogP contribution in [0.4, 0.5) is 5.95 Å². The van der Waals surface area contributed by atoms with Crippen molar-refractivity contribution in [3.8, 4) is 0 Å². The Morgan fingerprint density at radius 2 is 1.90 bits per heavy atom. The molecule has 3 rings (SSSR count). The summed E-state index contributed by atoms with van der Waals surface area (Å²) in [4.78, 5) is 11.7. The fourth-order valence-electron chi connectivity index (χ4n) is 2.14. The van der Waals surface area contributed by atoms with Crippen molar-refractivity contribution < 1.29 is 0 Å². The Morgan fingerprint density at radius 3 is 2.70 bits per heavy atom. The molecule has 0 radical (unpaired) electrons. The van der Waals surface area contributed by atoms with E-state index in [4.69, 9.17) is 0 Å². The zero-order valence-corrected chi connectivity index (χ0v) is 11.4. The SMILES string of the molecule is Cc1cc(C)nc(N/N=C\c2c[nH]c3ccccc23)n1. The van der Waals surface area contributed by atoms with Gasteiger partial charge in [0.25, 0.3) is 0 Å². The van der Waals surface area contributed by atoms with Gasteiger partial charge in [-0.1, -0.05) is 18.2 Å². The molecule has 0 saturated carbocycles. The number of benzene rings is 1. The fraction of sp³-hybridized carbons (Fsp3) is 0.133. The van der Waals surface area contributed by atoms with Gasteiger partial charge in [0.05, 0.1) is 6.21 Å². The van der Waals surface area contributed by atoms with Crippen molar-refractivity contribution in [3.05, 3.63) is 53.5 Å². The normalized spacial score (nSPS) is 11.3. The summed E-state index contributed by atoms with van der Waals surface area (Å²) in [6.45, 7) is 3.87. The lowest BCUT2D eigenvalue weighted by molar-refractivity contribution is 1.04. The maximum Gasteiger partial charge on any atom is 0.243 e. The molecule has 0 saturated heterocycles. The maximum atomic E-state index is 4.27. The quantitative estimate of drug-likeness (QED) is 0.565. The van der Waals surface area contributed by atoms with Crippen LogP contribution in [0, 0.1) is 13.8 Å². The van der Waals surface area contributed by atoms with E-state index < -0.39 is 0 Å². The van der Waals surface area contributed by atoms with Gasteiger partial charge < -0.3 is 4.98 Å². The van der Waals surface area contributed by atoms with Crippen LogP contribution in [0.15, 0.2) is 41.6 Å². The van der Waals surface area contributed by atoms with Crippen LogP contribution in [-0.4, -0.2) is 21.2 Å². The number of anilines is 1. The highest BCUT2D eigenvalue weighted by Crippen LogP contribution is 2.15. The van der Waals surface area contributed by atoms with E-state index in [0.29, 0.717) is 5.95 Å². The molecule has 0 bridgehead atoms. The molecule has 0 spiro atoms. The molecular weight excluding hydrogens is 250 g/mol. The first-order chi connectivity index (χ1) is 9.72. The van der Waals surface area contributed by atoms with Gasteiger partial charge in [0.15, 0.2) is 0 Å². The predicted octanol–water partition coefficient (Wildman–Crippen LogP) is 3.02. The molecule has 2 heterocycles. The van der Waals surface area contributed by atoms with Gasteiger partial charge in [-0.15, -0.1) is 0 Å². The lowest BCUT2D eigenvalue weighted by atomic mass is 10.2. The second kappa shape index (κ2) is 5.13. The number of hydrogen-bond acceptors (Lipinski definition) is 4. The van der Waals surface area contributed by atoms with E-state index in [1.165, 1.54) is 0 Å². The lowest BCUT2D eigenvalue weighted by Crippen LogP contribution is -1.99. The number of nitrogens with zero attached hydrogens (tertiary/aromatic N) is 3. The Bertz CT molecular complexity index is 753. The van der Waals surface area contributed by atoms with Gasteiger partial charge in [0.2, 0.25) is 5.95 Å². The summed E-state index contributed by atoms with van der Waals surface area (Å²) in [5.74, 6) is 0.513. The molecule has 0 aliphatic heterocycles. The summed E-state index contributed by atoms with van der Waals surface area (Å²) >= 11 is 0. The van der Waals surface area contributed by atoms with E-state index in [2.05, 4.69) is 31.5 Å². The molecule has 0 atom stereocenters. The topological polar surface area (TPSA) is 66.0 Å². The number of aromatic amines is 1. The average Bonchev–Trinajstić information content (AvgIpc) is 2.81. The molecule has 100 valence electrons. The number of fused-ring (bicyclic) bond motifs is 1. The lowest BCUT2D eigenvalue weighted by Gasteiger charge is -2.01. The Morgan fingerprint density at radius 1 is 1.15 bits per heavy atom. The van der Waals surface area contributed by atoms with E-state index in [1.807, 2.05) is 44.3 Å². The summed E-state index contributed by atoms with van der Waals surface area (Å²) in [6.07, 6.45) is 3.69. The zero-order chi connectivity index (χ0) is 13.9. The number of aromatic nitrogens is 3. The first-order valence-corrected chi connectivity index (χ1v) is 6.40. The highest BCUT2D eigenvalue weighted by Gasteiger charge is 2.00. The zero-order valence-electron chi connectivity index (χ0n) is 11.4. The Balaban J connectivity index is 1.80. The Hall–Kier alpha value is -2.69. The fourth-order valence-corrected chi connectivity index (χ4v) is 2.14. The van der Waals surface area contributed by atoms with Gasteiger partial charge in [0.1, 0.15) is 0 Å². The Labute approximate surface area is 116 Å². The summed E-state index contributed by atoms with van der Waals surface area (Å²) in [5, 5.41) is 5.33. The van der Waals surface area contributed by atoms with Crippen molar-refractivity contribution in [2.45, 2.75) is 13.8 Å². The minimum atomic E-state index is 0.513. The van der Waals surface area contributed by atoms with Gasteiger partial charge in [-0.2, -0.15) is 5.10 Å². The maximum absolute atomic E-state index is 4.27. The number of aryl methyl sites for hydroxylation is 2. The first kappa shape index (κ1) is 12.3. The predicted molar refractivity (Wildman–Crippen MR) is 81.0 cm³/mol. The van der Waals surface area contributed by atoms with Crippen LogP contribution in [0.25, 0.3) is 10.9 Å². The largest absolute Gasteiger partial charge is 0.361 e. The monoisotopic (exact) mass is 265 g/mol. The minimum Gasteiger partial charge on any atom is -0.361 e. The summed E-state index contributed by atoms with van der Waals surface area (Å²) in [6, 6.07) is 10.0. The van der Waals surface area contributed by atoms with E-state index in [0.717, 1.165) is 27.9 Å². The molecule has 0 unspecified atom stereocenters. The molecule has 2 aromatic heterocycles. The van der Waals surface area contributed by atoms with Crippen molar-refractivity contribution in [1.82, 2.24) is 15.0 Å². The molecule has 0 amide bonds. The van der Waals surface area contributed by atoms with E-state index in [1.54, 1.807) is 6.21 Å². The number of hydrazone groups is 1. The van der Waals surface area contributed by atoms with Crippen molar-refractivity contribution in [2.75, 3.05) is 5.43 Å². The average molecular weight is 265 g/mol. The van der Waals surface area contributed by atoms with E-state index in [9.17, 15) is 0 Å². The number of hydrogen-bond donors (Lipinski definition) is 2. The third-order valence-electron chi connectivity index (χ3n) is 2.97. The van der Waals surface area contributed by atoms with Gasteiger partial charge in [0, 0.05) is 34.1 Å². The van der Waals surface area contributed by atoms with Crippen LogP contribution in [0.5, 0.6) is 0 Å². The Kier molecular flexibility index (Phi) is 3.16. The van der Waals surface area contributed by atoms with Crippen LogP contribution < -0.4 is 5.43 Å². The number of rotatable bonds is 3. The third kappa shape index (κ3) is 2.51. The molecule has 0 aliphatic carbocycles. The number of para-hydroxylation sites is 1. The molecular formula is C15H15N5. The highest BCUT2D eigenvalue weighted by atomic mass is 15.3. The summed E-state index contributed by atoms with van der Waals surface area (Å²) < 4.78 is 0. The van der Waals surface area contributed by atoms with Gasteiger partial charge >= 0.3 is 0 Å². The van der Waals surface area contributed by atoms with Gasteiger partial charge in [-0.05, 0) is 26.0 Å². The molecule has 2 N–H and O–H groups in total. The standard InChI is InChI=1S/C15H15N5/c1-10-7-11(2)19-15(18-10)20-17-9-12-8-16-14-6-4-3-5-13(12)14/h3-9,16H,1-2H3,(H,18,19,20)/b17-9-. The molecule has 0 aliphatic rings. The number of nitrogens with one attached hydrogen (secondary N) is 2. The van der Waals surface area contributed by atoms with Crippen LogP contribution >= 0.6 is 0 Å². The van der Waals surface area contributed by atoms with Gasteiger partial charge in [-0.25, -0.2) is 15.4 Å². The molecule has 1 aromatic carbocycles. The second-order valence-electron chi connectivity index (χ2n) is 4.63. The van der Waals surface area contributed by atoms with Gasteiger partial charge in [-0.3, -0.25) is 0 Å².